The van der Waals surface area contributed by atoms with E-state index in [-0.39, 0.29) is 5.91 Å². The Morgan fingerprint density at radius 2 is 1.40 bits per heavy atom. The molecule has 1 heterocycles. The first-order valence-electron chi connectivity index (χ1n) is 11.6. The SMILES string of the molecule is O=C(Nc1cccc(-c2nc3c(ccc4ccccc43)o2)c1)C(c1ccccc1)c1ccccc1. The number of anilines is 1. The summed E-state index contributed by atoms with van der Waals surface area (Å²) in [5, 5.41) is 5.28. The molecule has 4 heteroatoms. The summed E-state index contributed by atoms with van der Waals surface area (Å²) in [6.45, 7) is 0. The van der Waals surface area contributed by atoms with Gasteiger partial charge in [-0.25, -0.2) is 4.98 Å². The summed E-state index contributed by atoms with van der Waals surface area (Å²) in [7, 11) is 0. The Balaban J connectivity index is 1.33. The molecule has 1 aromatic heterocycles. The first kappa shape index (κ1) is 20.9. The molecule has 0 saturated heterocycles. The van der Waals surface area contributed by atoms with Crippen LogP contribution in [0.3, 0.4) is 0 Å². The molecule has 0 saturated carbocycles. The maximum atomic E-state index is 13.5. The molecule has 4 nitrogen and oxygen atoms in total. The number of rotatable bonds is 5. The van der Waals surface area contributed by atoms with Crippen LogP contribution in [0.5, 0.6) is 0 Å². The lowest BCUT2D eigenvalue weighted by Crippen LogP contribution is -2.22. The van der Waals surface area contributed by atoms with Crippen molar-refractivity contribution in [2.75, 3.05) is 5.32 Å². The van der Waals surface area contributed by atoms with Crippen molar-refractivity contribution in [3.8, 4) is 11.5 Å². The first-order chi connectivity index (χ1) is 17.3. The minimum Gasteiger partial charge on any atom is -0.436 e. The molecule has 1 amide bonds. The number of nitrogens with zero attached hydrogens (tertiary/aromatic N) is 1. The van der Waals surface area contributed by atoms with Crippen LogP contribution in [0, 0.1) is 0 Å². The normalized spacial score (nSPS) is 11.2. The van der Waals surface area contributed by atoms with Crippen molar-refractivity contribution in [1.29, 1.82) is 0 Å². The number of carbonyl (C=O) groups is 1. The standard InChI is InChI=1S/C31H22N2O2/c34-30(28(22-11-3-1-4-12-22)23-13-5-2-6-14-23)32-25-16-9-15-24(20-25)31-33-29-26-17-8-7-10-21(26)18-19-27(29)35-31/h1-20,28H,(H,32,34). The number of amides is 1. The summed E-state index contributed by atoms with van der Waals surface area (Å²) in [5.41, 5.74) is 4.95. The second kappa shape index (κ2) is 8.92. The van der Waals surface area contributed by atoms with Crippen molar-refractivity contribution in [3.05, 3.63) is 132 Å². The summed E-state index contributed by atoms with van der Waals surface area (Å²) in [4.78, 5) is 18.3. The number of carbonyl (C=O) groups excluding carboxylic acids is 1. The van der Waals surface area contributed by atoms with Gasteiger partial charge in [0.05, 0.1) is 5.92 Å². The van der Waals surface area contributed by atoms with Crippen molar-refractivity contribution >= 4 is 33.5 Å². The van der Waals surface area contributed by atoms with Crippen LogP contribution in [-0.2, 0) is 4.79 Å². The highest BCUT2D eigenvalue weighted by Crippen LogP contribution is 2.31. The number of aromatic nitrogens is 1. The maximum absolute atomic E-state index is 13.5. The van der Waals surface area contributed by atoms with Gasteiger partial charge in [-0.1, -0.05) is 97.1 Å². The van der Waals surface area contributed by atoms with Crippen molar-refractivity contribution in [2.45, 2.75) is 5.92 Å². The van der Waals surface area contributed by atoms with Crippen LogP contribution in [0.25, 0.3) is 33.3 Å². The van der Waals surface area contributed by atoms with Crippen molar-refractivity contribution < 1.29 is 9.21 Å². The number of nitrogens with one attached hydrogen (secondary N) is 1. The van der Waals surface area contributed by atoms with E-state index in [1.807, 2.05) is 115 Å². The largest absolute Gasteiger partial charge is 0.436 e. The van der Waals surface area contributed by atoms with E-state index in [0.29, 0.717) is 11.6 Å². The van der Waals surface area contributed by atoms with Crippen LogP contribution in [0.4, 0.5) is 5.69 Å². The molecular weight excluding hydrogens is 432 g/mol. The zero-order valence-electron chi connectivity index (χ0n) is 18.9. The van der Waals surface area contributed by atoms with E-state index in [4.69, 9.17) is 9.40 Å². The summed E-state index contributed by atoms with van der Waals surface area (Å²) in [6, 6.07) is 39.4. The van der Waals surface area contributed by atoms with Crippen LogP contribution in [0.15, 0.2) is 126 Å². The van der Waals surface area contributed by atoms with E-state index in [0.717, 1.165) is 38.6 Å². The molecule has 6 aromatic rings. The predicted octanol–water partition coefficient (Wildman–Crippen LogP) is 7.42. The maximum Gasteiger partial charge on any atom is 0.236 e. The van der Waals surface area contributed by atoms with Crippen molar-refractivity contribution in [3.63, 3.8) is 0 Å². The van der Waals surface area contributed by atoms with Gasteiger partial charge in [0.25, 0.3) is 0 Å². The van der Waals surface area contributed by atoms with Gasteiger partial charge in [-0.05, 0) is 40.8 Å². The average molecular weight is 455 g/mol. The number of fused-ring (bicyclic) bond motifs is 3. The molecular formula is C31H22N2O2. The van der Waals surface area contributed by atoms with Gasteiger partial charge in [0.15, 0.2) is 5.58 Å². The summed E-state index contributed by atoms with van der Waals surface area (Å²) < 4.78 is 6.08. The van der Waals surface area contributed by atoms with Gasteiger partial charge in [-0.3, -0.25) is 4.79 Å². The Labute approximate surface area is 202 Å². The van der Waals surface area contributed by atoms with E-state index >= 15 is 0 Å². The lowest BCUT2D eigenvalue weighted by molar-refractivity contribution is -0.116. The summed E-state index contributed by atoms with van der Waals surface area (Å²) in [5.74, 6) is 0.00924. The molecule has 0 radical (unpaired) electrons. The fourth-order valence-corrected chi connectivity index (χ4v) is 4.52. The number of hydrogen-bond acceptors (Lipinski definition) is 3. The van der Waals surface area contributed by atoms with Gasteiger partial charge in [-0.2, -0.15) is 0 Å². The molecule has 0 aliphatic rings. The number of hydrogen-bond donors (Lipinski definition) is 1. The van der Waals surface area contributed by atoms with Crippen LogP contribution in [0.1, 0.15) is 17.0 Å². The van der Waals surface area contributed by atoms with Gasteiger partial charge < -0.3 is 9.73 Å². The third-order valence-electron chi connectivity index (χ3n) is 6.19. The lowest BCUT2D eigenvalue weighted by Gasteiger charge is -2.18. The summed E-state index contributed by atoms with van der Waals surface area (Å²) in [6.07, 6.45) is 0. The van der Waals surface area contributed by atoms with Gasteiger partial charge in [0.1, 0.15) is 5.52 Å². The predicted molar refractivity (Wildman–Crippen MR) is 140 cm³/mol. The minimum atomic E-state index is -0.420. The zero-order valence-corrected chi connectivity index (χ0v) is 18.9. The Morgan fingerprint density at radius 3 is 2.14 bits per heavy atom. The fourth-order valence-electron chi connectivity index (χ4n) is 4.52. The van der Waals surface area contributed by atoms with E-state index in [2.05, 4.69) is 11.4 Å². The molecule has 168 valence electrons. The van der Waals surface area contributed by atoms with Crippen LogP contribution in [-0.4, -0.2) is 10.9 Å². The molecule has 0 spiro atoms. The quantitative estimate of drug-likeness (QED) is 0.295. The van der Waals surface area contributed by atoms with Crippen LogP contribution in [0.2, 0.25) is 0 Å². The van der Waals surface area contributed by atoms with Crippen molar-refractivity contribution in [1.82, 2.24) is 4.98 Å². The Hall–Kier alpha value is -4.70. The molecule has 35 heavy (non-hydrogen) atoms. The van der Waals surface area contributed by atoms with E-state index in [1.54, 1.807) is 0 Å². The van der Waals surface area contributed by atoms with Gasteiger partial charge in [0.2, 0.25) is 11.8 Å². The smallest absolute Gasteiger partial charge is 0.236 e. The molecule has 0 bridgehead atoms. The van der Waals surface area contributed by atoms with Crippen LogP contribution >= 0.6 is 0 Å². The molecule has 6 rings (SSSR count). The molecule has 0 aliphatic heterocycles. The fraction of sp³-hybridized carbons (Fsp3) is 0.0323. The van der Waals surface area contributed by atoms with Gasteiger partial charge >= 0.3 is 0 Å². The summed E-state index contributed by atoms with van der Waals surface area (Å²) >= 11 is 0. The molecule has 0 aliphatic carbocycles. The first-order valence-corrected chi connectivity index (χ1v) is 11.6. The van der Waals surface area contributed by atoms with Crippen molar-refractivity contribution in [2.24, 2.45) is 0 Å². The lowest BCUT2D eigenvalue weighted by atomic mass is 9.90. The second-order valence-corrected chi connectivity index (χ2v) is 8.48. The Kier molecular flexibility index (Phi) is 5.32. The highest BCUT2D eigenvalue weighted by atomic mass is 16.3. The Bertz CT molecular complexity index is 1600. The average Bonchev–Trinajstić information content (AvgIpc) is 3.36. The molecule has 0 atom stereocenters. The molecule has 5 aromatic carbocycles. The Morgan fingerprint density at radius 1 is 0.714 bits per heavy atom. The molecule has 0 unspecified atom stereocenters. The molecule has 0 fully saturated rings. The van der Waals surface area contributed by atoms with Gasteiger partial charge in [0, 0.05) is 16.6 Å². The highest BCUT2D eigenvalue weighted by molar-refractivity contribution is 6.04. The topological polar surface area (TPSA) is 55.1 Å². The highest BCUT2D eigenvalue weighted by Gasteiger charge is 2.23. The molecule has 1 N–H and O–H groups in total. The number of benzene rings is 5. The third-order valence-corrected chi connectivity index (χ3v) is 6.19. The van der Waals surface area contributed by atoms with Gasteiger partial charge in [-0.15, -0.1) is 0 Å². The second-order valence-electron chi connectivity index (χ2n) is 8.48. The monoisotopic (exact) mass is 454 g/mol. The van der Waals surface area contributed by atoms with E-state index in [1.165, 1.54) is 0 Å². The number of oxazole rings is 1. The minimum absolute atomic E-state index is 0.0943. The van der Waals surface area contributed by atoms with E-state index in [9.17, 15) is 4.79 Å². The van der Waals surface area contributed by atoms with Crippen LogP contribution < -0.4 is 5.32 Å². The third kappa shape index (κ3) is 4.06. The van der Waals surface area contributed by atoms with E-state index < -0.39 is 5.92 Å². The zero-order chi connectivity index (χ0) is 23.6.